The van der Waals surface area contributed by atoms with Gasteiger partial charge in [0.25, 0.3) is 5.91 Å². The molecule has 1 aromatic carbocycles. The van der Waals surface area contributed by atoms with E-state index < -0.39 is 0 Å². The van der Waals surface area contributed by atoms with Gasteiger partial charge in [-0.15, -0.1) is 0 Å². The van der Waals surface area contributed by atoms with E-state index in [1.165, 1.54) is 0 Å². The van der Waals surface area contributed by atoms with Crippen LogP contribution in [-0.4, -0.2) is 42.7 Å². The number of aliphatic hydroxyl groups is 1. The predicted octanol–water partition coefficient (Wildman–Crippen LogP) is 1.88. The number of hydrogen-bond donors (Lipinski definition) is 2. The summed E-state index contributed by atoms with van der Waals surface area (Å²) in [5.74, 6) is -0.0287. The van der Waals surface area contributed by atoms with Gasteiger partial charge in [0.2, 0.25) is 0 Å². The molecule has 0 heterocycles. The lowest BCUT2D eigenvalue weighted by Gasteiger charge is -2.22. The second kappa shape index (κ2) is 7.01. The molecule has 1 aromatic rings. The third-order valence-corrected chi connectivity index (χ3v) is 2.83. The Balaban J connectivity index is 3.02. The Labute approximate surface area is 109 Å². The molecule has 0 fully saturated rings. The molecule has 0 bridgehead atoms. The van der Waals surface area contributed by atoms with Gasteiger partial charge in [-0.05, 0) is 25.5 Å². The lowest BCUT2D eigenvalue weighted by Crippen LogP contribution is -2.34. The van der Waals surface area contributed by atoms with Gasteiger partial charge in [0.1, 0.15) is 0 Å². The van der Waals surface area contributed by atoms with E-state index in [-0.39, 0.29) is 12.5 Å². The number of amides is 1. The maximum Gasteiger partial charge on any atom is 0.256 e. The van der Waals surface area contributed by atoms with Crippen molar-refractivity contribution in [2.45, 2.75) is 20.3 Å². The van der Waals surface area contributed by atoms with Crippen molar-refractivity contribution in [3.8, 4) is 0 Å². The highest BCUT2D eigenvalue weighted by molar-refractivity contribution is 5.99. The van der Waals surface area contributed by atoms with Gasteiger partial charge in [-0.3, -0.25) is 4.79 Å². The summed E-state index contributed by atoms with van der Waals surface area (Å²) in [6, 6.07) is 5.76. The summed E-state index contributed by atoms with van der Waals surface area (Å²) in [5.41, 5.74) is 2.54. The van der Waals surface area contributed by atoms with E-state index in [2.05, 4.69) is 5.32 Å². The zero-order valence-electron chi connectivity index (χ0n) is 11.4. The van der Waals surface area contributed by atoms with Gasteiger partial charge in [-0.25, -0.2) is 0 Å². The van der Waals surface area contributed by atoms with Gasteiger partial charge in [0.15, 0.2) is 0 Å². The fraction of sp³-hybridized carbons (Fsp3) is 0.500. The molecule has 0 aliphatic heterocycles. The lowest BCUT2D eigenvalue weighted by atomic mass is 10.1. The second-order valence-corrected chi connectivity index (χ2v) is 4.31. The number of aliphatic hydroxyl groups excluding tert-OH is 1. The lowest BCUT2D eigenvalue weighted by molar-refractivity contribution is 0.0723. The van der Waals surface area contributed by atoms with Crippen molar-refractivity contribution in [2.24, 2.45) is 0 Å². The van der Waals surface area contributed by atoms with E-state index in [4.69, 9.17) is 5.11 Å². The number of nitrogens with one attached hydrogen (secondary N) is 1. The summed E-state index contributed by atoms with van der Waals surface area (Å²) >= 11 is 0. The van der Waals surface area contributed by atoms with E-state index in [0.29, 0.717) is 18.7 Å². The average Bonchev–Trinajstić information content (AvgIpc) is 2.37. The molecule has 0 aromatic heterocycles. The van der Waals surface area contributed by atoms with Crippen LogP contribution in [0.2, 0.25) is 0 Å². The van der Waals surface area contributed by atoms with Crippen molar-refractivity contribution in [3.05, 3.63) is 29.3 Å². The maximum absolute atomic E-state index is 12.4. The number of carbonyl (C=O) groups is 1. The van der Waals surface area contributed by atoms with Gasteiger partial charge in [0.05, 0.1) is 12.2 Å². The molecule has 0 atom stereocenters. The van der Waals surface area contributed by atoms with E-state index in [9.17, 15) is 4.79 Å². The number of nitrogens with zero attached hydrogens (tertiary/aromatic N) is 1. The van der Waals surface area contributed by atoms with Crippen LogP contribution >= 0.6 is 0 Å². The van der Waals surface area contributed by atoms with Crippen LogP contribution < -0.4 is 5.32 Å². The smallest absolute Gasteiger partial charge is 0.256 e. The number of carbonyl (C=O) groups excluding carboxylic acids is 1. The molecule has 100 valence electrons. The summed E-state index contributed by atoms with van der Waals surface area (Å²) in [6.45, 7) is 5.02. The minimum absolute atomic E-state index is 0.00750. The highest BCUT2D eigenvalue weighted by Crippen LogP contribution is 2.19. The fourth-order valence-corrected chi connectivity index (χ4v) is 1.93. The standard InChI is InChI=1S/C14H22N2O2/c1-4-7-16(8-9-17)14(18)12-10-11(2)5-6-13(12)15-3/h5-6,10,15,17H,4,7-9H2,1-3H3. The van der Waals surface area contributed by atoms with Gasteiger partial charge < -0.3 is 15.3 Å². The first-order valence-corrected chi connectivity index (χ1v) is 6.32. The van der Waals surface area contributed by atoms with Crippen molar-refractivity contribution in [1.29, 1.82) is 0 Å². The molecule has 0 aliphatic carbocycles. The molecule has 2 N–H and O–H groups in total. The molecule has 0 radical (unpaired) electrons. The van der Waals surface area contributed by atoms with E-state index in [1.807, 2.05) is 32.0 Å². The minimum atomic E-state index is -0.0287. The van der Waals surface area contributed by atoms with Crippen molar-refractivity contribution in [2.75, 3.05) is 32.1 Å². The van der Waals surface area contributed by atoms with Crippen molar-refractivity contribution >= 4 is 11.6 Å². The second-order valence-electron chi connectivity index (χ2n) is 4.31. The molecule has 0 saturated carbocycles. The third-order valence-electron chi connectivity index (χ3n) is 2.83. The van der Waals surface area contributed by atoms with Crippen molar-refractivity contribution < 1.29 is 9.90 Å². The molecule has 1 rings (SSSR count). The third kappa shape index (κ3) is 3.47. The predicted molar refractivity (Wildman–Crippen MR) is 74.0 cm³/mol. The van der Waals surface area contributed by atoms with Crippen molar-refractivity contribution in [1.82, 2.24) is 4.90 Å². The molecule has 1 amide bonds. The molecule has 18 heavy (non-hydrogen) atoms. The maximum atomic E-state index is 12.4. The number of rotatable bonds is 6. The molecule has 4 heteroatoms. The van der Waals surface area contributed by atoms with Crippen LogP contribution in [0.1, 0.15) is 29.3 Å². The van der Waals surface area contributed by atoms with Crippen LogP contribution in [0.15, 0.2) is 18.2 Å². The Kier molecular flexibility index (Phi) is 5.65. The number of hydrogen-bond acceptors (Lipinski definition) is 3. The number of benzene rings is 1. The number of anilines is 1. The first-order chi connectivity index (χ1) is 8.63. The summed E-state index contributed by atoms with van der Waals surface area (Å²) in [5, 5.41) is 12.1. The Bertz CT molecular complexity index is 399. The largest absolute Gasteiger partial charge is 0.395 e. The van der Waals surface area contributed by atoms with Crippen molar-refractivity contribution in [3.63, 3.8) is 0 Å². The van der Waals surface area contributed by atoms with E-state index in [1.54, 1.807) is 11.9 Å². The van der Waals surface area contributed by atoms with Crippen LogP contribution in [0.5, 0.6) is 0 Å². The topological polar surface area (TPSA) is 52.6 Å². The summed E-state index contributed by atoms with van der Waals surface area (Å²) in [6.07, 6.45) is 0.881. The first kappa shape index (κ1) is 14.5. The average molecular weight is 250 g/mol. The Morgan fingerprint density at radius 1 is 1.39 bits per heavy atom. The van der Waals surface area contributed by atoms with Crippen LogP contribution in [0.25, 0.3) is 0 Å². The minimum Gasteiger partial charge on any atom is -0.395 e. The van der Waals surface area contributed by atoms with Gasteiger partial charge >= 0.3 is 0 Å². The zero-order valence-corrected chi connectivity index (χ0v) is 11.4. The Hall–Kier alpha value is -1.55. The van der Waals surface area contributed by atoms with Gasteiger partial charge in [-0.2, -0.15) is 0 Å². The van der Waals surface area contributed by atoms with E-state index >= 15 is 0 Å². The van der Waals surface area contributed by atoms with Crippen LogP contribution in [0.4, 0.5) is 5.69 Å². The molecule has 0 spiro atoms. The zero-order chi connectivity index (χ0) is 13.5. The summed E-state index contributed by atoms with van der Waals surface area (Å²) in [7, 11) is 1.80. The molecule has 0 saturated heterocycles. The highest BCUT2D eigenvalue weighted by Gasteiger charge is 2.17. The Morgan fingerprint density at radius 2 is 2.11 bits per heavy atom. The Morgan fingerprint density at radius 3 is 2.67 bits per heavy atom. The SMILES string of the molecule is CCCN(CCO)C(=O)c1cc(C)ccc1NC. The monoisotopic (exact) mass is 250 g/mol. The van der Waals surface area contributed by atoms with Crippen LogP contribution in [0.3, 0.4) is 0 Å². The van der Waals surface area contributed by atoms with Gasteiger partial charge in [0, 0.05) is 25.8 Å². The molecular weight excluding hydrogens is 228 g/mol. The molecule has 4 nitrogen and oxygen atoms in total. The highest BCUT2D eigenvalue weighted by atomic mass is 16.3. The molecule has 0 unspecified atom stereocenters. The summed E-state index contributed by atoms with van der Waals surface area (Å²) < 4.78 is 0. The quantitative estimate of drug-likeness (QED) is 0.810. The number of aryl methyl sites for hydroxylation is 1. The van der Waals surface area contributed by atoms with E-state index in [0.717, 1.165) is 17.7 Å². The van der Waals surface area contributed by atoms with Crippen LogP contribution in [-0.2, 0) is 0 Å². The van der Waals surface area contributed by atoms with Crippen LogP contribution in [0, 0.1) is 6.92 Å². The molecule has 0 aliphatic rings. The molecular formula is C14H22N2O2. The summed E-state index contributed by atoms with van der Waals surface area (Å²) in [4.78, 5) is 14.1. The fourth-order valence-electron chi connectivity index (χ4n) is 1.93. The normalized spacial score (nSPS) is 10.2. The first-order valence-electron chi connectivity index (χ1n) is 6.32. The van der Waals surface area contributed by atoms with Gasteiger partial charge in [-0.1, -0.05) is 18.6 Å².